The molecule has 154 valence electrons. The Hall–Kier alpha value is -3.90. The number of methoxy groups -OCH3 is 1. The molecule has 2 heterocycles. The van der Waals surface area contributed by atoms with Gasteiger partial charge in [0, 0.05) is 16.3 Å². The topological polar surface area (TPSA) is 106 Å². The van der Waals surface area contributed by atoms with E-state index in [4.69, 9.17) is 10.00 Å². The van der Waals surface area contributed by atoms with Crippen LogP contribution in [0.15, 0.2) is 66.1 Å². The first-order valence-corrected chi connectivity index (χ1v) is 10.4. The molecule has 0 bridgehead atoms. The summed E-state index contributed by atoms with van der Waals surface area (Å²) in [4.78, 5) is 25.6. The summed E-state index contributed by atoms with van der Waals surface area (Å²) in [5.74, 6) is 0.791. The number of imidazole rings is 1. The largest absolute Gasteiger partial charge is 0.468 e. The standard InChI is InChI=1S/C22H18N6O2S/c1-30-20(29)12-28-14-26-21-18(28)7-17(27-22-24-10-16(9-23)11-25-22)8-19(21)31-13-15-5-3-2-4-6-15/h2-8,10-11,14H,12-13H2,1H3,(H,24,25,27). The highest BCUT2D eigenvalue weighted by Gasteiger charge is 2.14. The lowest BCUT2D eigenvalue weighted by Crippen LogP contribution is -2.10. The molecule has 0 unspecified atom stereocenters. The van der Waals surface area contributed by atoms with Crippen LogP contribution in [0.5, 0.6) is 0 Å². The molecule has 8 nitrogen and oxygen atoms in total. The number of aromatic nitrogens is 4. The maximum atomic E-state index is 11.8. The van der Waals surface area contributed by atoms with E-state index in [1.807, 2.05) is 36.4 Å². The third-order valence-electron chi connectivity index (χ3n) is 4.49. The highest BCUT2D eigenvalue weighted by atomic mass is 32.2. The van der Waals surface area contributed by atoms with Gasteiger partial charge in [0.2, 0.25) is 5.95 Å². The third-order valence-corrected chi connectivity index (χ3v) is 5.59. The molecule has 0 fully saturated rings. The summed E-state index contributed by atoms with van der Waals surface area (Å²) in [6, 6.07) is 16.0. The van der Waals surface area contributed by atoms with E-state index in [0.29, 0.717) is 11.5 Å². The molecular weight excluding hydrogens is 412 g/mol. The lowest BCUT2D eigenvalue weighted by Gasteiger charge is -2.10. The Balaban J connectivity index is 1.69. The van der Waals surface area contributed by atoms with Gasteiger partial charge >= 0.3 is 5.97 Å². The Morgan fingerprint density at radius 3 is 2.68 bits per heavy atom. The first kappa shape index (κ1) is 20.4. The van der Waals surface area contributed by atoms with Crippen LogP contribution in [0.2, 0.25) is 0 Å². The van der Waals surface area contributed by atoms with Gasteiger partial charge < -0.3 is 14.6 Å². The molecule has 0 aliphatic carbocycles. The number of esters is 1. The van der Waals surface area contributed by atoms with Crippen LogP contribution in [-0.4, -0.2) is 32.6 Å². The molecular formula is C22H18N6O2S. The van der Waals surface area contributed by atoms with E-state index in [9.17, 15) is 4.79 Å². The summed E-state index contributed by atoms with van der Waals surface area (Å²) < 4.78 is 6.55. The van der Waals surface area contributed by atoms with Gasteiger partial charge in [-0.2, -0.15) is 5.26 Å². The number of fused-ring (bicyclic) bond motifs is 1. The zero-order valence-electron chi connectivity index (χ0n) is 16.6. The molecule has 0 radical (unpaired) electrons. The summed E-state index contributed by atoms with van der Waals surface area (Å²) in [7, 11) is 1.36. The summed E-state index contributed by atoms with van der Waals surface area (Å²) in [5, 5.41) is 12.1. The van der Waals surface area contributed by atoms with Crippen molar-refractivity contribution in [3.8, 4) is 6.07 Å². The smallest absolute Gasteiger partial charge is 0.325 e. The second-order valence-electron chi connectivity index (χ2n) is 6.60. The predicted molar refractivity (Wildman–Crippen MR) is 118 cm³/mol. The number of hydrogen-bond acceptors (Lipinski definition) is 8. The van der Waals surface area contributed by atoms with Crippen molar-refractivity contribution in [3.63, 3.8) is 0 Å². The van der Waals surface area contributed by atoms with Crippen LogP contribution in [0.1, 0.15) is 11.1 Å². The van der Waals surface area contributed by atoms with Crippen LogP contribution in [-0.2, 0) is 21.8 Å². The number of rotatable bonds is 7. The van der Waals surface area contributed by atoms with Gasteiger partial charge in [-0.05, 0) is 17.7 Å². The number of nitrogens with zero attached hydrogens (tertiary/aromatic N) is 5. The Kier molecular flexibility index (Phi) is 6.10. The molecule has 2 aromatic carbocycles. The van der Waals surface area contributed by atoms with Crippen molar-refractivity contribution in [2.24, 2.45) is 0 Å². The van der Waals surface area contributed by atoms with Crippen LogP contribution in [0.3, 0.4) is 0 Å². The number of nitriles is 1. The van der Waals surface area contributed by atoms with E-state index in [2.05, 4.69) is 32.4 Å². The molecule has 0 aliphatic heterocycles. The van der Waals surface area contributed by atoms with Gasteiger partial charge in [-0.3, -0.25) is 4.79 Å². The third kappa shape index (κ3) is 4.82. The van der Waals surface area contributed by atoms with E-state index < -0.39 is 0 Å². The van der Waals surface area contributed by atoms with Crippen molar-refractivity contribution in [2.45, 2.75) is 17.2 Å². The number of anilines is 2. The lowest BCUT2D eigenvalue weighted by molar-refractivity contribution is -0.141. The second-order valence-corrected chi connectivity index (χ2v) is 7.61. The van der Waals surface area contributed by atoms with Crippen molar-refractivity contribution >= 4 is 40.4 Å². The molecule has 1 N–H and O–H groups in total. The van der Waals surface area contributed by atoms with E-state index in [-0.39, 0.29) is 12.5 Å². The maximum absolute atomic E-state index is 11.8. The minimum atomic E-state index is -0.355. The van der Waals surface area contributed by atoms with E-state index in [1.165, 1.54) is 25.1 Å². The molecule has 0 spiro atoms. The average molecular weight is 430 g/mol. The van der Waals surface area contributed by atoms with Gasteiger partial charge in [-0.15, -0.1) is 11.8 Å². The molecule has 0 saturated carbocycles. The van der Waals surface area contributed by atoms with Crippen LogP contribution in [0, 0.1) is 11.3 Å². The number of thioether (sulfide) groups is 1. The van der Waals surface area contributed by atoms with Crippen molar-refractivity contribution in [2.75, 3.05) is 12.4 Å². The summed E-state index contributed by atoms with van der Waals surface area (Å²) in [5.41, 5.74) is 3.93. The van der Waals surface area contributed by atoms with Gasteiger partial charge in [0.25, 0.3) is 0 Å². The fraction of sp³-hybridized carbons (Fsp3) is 0.136. The Morgan fingerprint density at radius 2 is 1.97 bits per heavy atom. The molecule has 4 rings (SSSR count). The molecule has 0 atom stereocenters. The number of benzene rings is 2. The summed E-state index contributed by atoms with van der Waals surface area (Å²) in [6.45, 7) is 0.0621. The Bertz CT molecular complexity index is 1250. The van der Waals surface area contributed by atoms with Gasteiger partial charge in [-0.25, -0.2) is 15.0 Å². The Labute approximate surface area is 182 Å². The van der Waals surface area contributed by atoms with Crippen molar-refractivity contribution in [3.05, 3.63) is 72.3 Å². The van der Waals surface area contributed by atoms with Crippen molar-refractivity contribution < 1.29 is 9.53 Å². The number of carbonyl (C=O) groups is 1. The first-order valence-electron chi connectivity index (χ1n) is 9.38. The van der Waals surface area contributed by atoms with E-state index in [1.54, 1.807) is 22.7 Å². The van der Waals surface area contributed by atoms with Crippen molar-refractivity contribution in [1.29, 1.82) is 5.26 Å². The van der Waals surface area contributed by atoms with Crippen LogP contribution >= 0.6 is 11.8 Å². The molecule has 0 saturated heterocycles. The van der Waals surface area contributed by atoms with Crippen LogP contribution < -0.4 is 5.32 Å². The minimum Gasteiger partial charge on any atom is -0.468 e. The number of ether oxygens (including phenoxy) is 1. The SMILES string of the molecule is COC(=O)Cn1cnc2c(SCc3ccccc3)cc(Nc3ncc(C#N)cn3)cc21. The fourth-order valence-electron chi connectivity index (χ4n) is 2.96. The molecule has 2 aromatic heterocycles. The van der Waals surface area contributed by atoms with Gasteiger partial charge in [-0.1, -0.05) is 30.3 Å². The summed E-state index contributed by atoms with van der Waals surface area (Å²) >= 11 is 1.66. The normalized spacial score (nSPS) is 10.6. The monoisotopic (exact) mass is 430 g/mol. The van der Waals surface area contributed by atoms with E-state index in [0.717, 1.165) is 27.4 Å². The number of carbonyl (C=O) groups excluding carboxylic acids is 1. The highest BCUT2D eigenvalue weighted by molar-refractivity contribution is 7.98. The summed E-state index contributed by atoms with van der Waals surface area (Å²) in [6.07, 6.45) is 4.55. The molecule has 4 aromatic rings. The molecule has 0 amide bonds. The lowest BCUT2D eigenvalue weighted by atomic mass is 10.2. The second kappa shape index (κ2) is 9.28. The molecule has 9 heteroatoms. The predicted octanol–water partition coefficient (Wildman–Crippen LogP) is 3.91. The fourth-order valence-corrected chi connectivity index (χ4v) is 3.98. The first-order chi connectivity index (χ1) is 15.2. The minimum absolute atomic E-state index is 0.0621. The van der Waals surface area contributed by atoms with E-state index >= 15 is 0 Å². The Morgan fingerprint density at radius 1 is 1.19 bits per heavy atom. The number of hydrogen-bond donors (Lipinski definition) is 1. The van der Waals surface area contributed by atoms with Gasteiger partial charge in [0.1, 0.15) is 18.1 Å². The zero-order valence-corrected chi connectivity index (χ0v) is 17.5. The molecule has 0 aliphatic rings. The highest BCUT2D eigenvalue weighted by Crippen LogP contribution is 2.33. The zero-order chi connectivity index (χ0) is 21.6. The maximum Gasteiger partial charge on any atom is 0.325 e. The molecule has 31 heavy (non-hydrogen) atoms. The van der Waals surface area contributed by atoms with Gasteiger partial charge in [0.15, 0.2) is 0 Å². The average Bonchev–Trinajstić information content (AvgIpc) is 3.21. The van der Waals surface area contributed by atoms with Crippen molar-refractivity contribution in [1.82, 2.24) is 19.5 Å². The quantitative estimate of drug-likeness (QED) is 0.347. The van der Waals surface area contributed by atoms with Crippen LogP contribution in [0.25, 0.3) is 11.0 Å². The van der Waals surface area contributed by atoms with Gasteiger partial charge in [0.05, 0.1) is 36.9 Å². The number of nitrogens with one attached hydrogen (secondary N) is 1. The van der Waals surface area contributed by atoms with Crippen LogP contribution in [0.4, 0.5) is 11.6 Å².